The van der Waals surface area contributed by atoms with Gasteiger partial charge in [-0.1, -0.05) is 6.42 Å². The van der Waals surface area contributed by atoms with Gasteiger partial charge in [0.1, 0.15) is 0 Å². The number of unbranched alkanes of at least 4 members (excludes halogenated alkanes) is 1. The van der Waals surface area contributed by atoms with E-state index < -0.39 is 0 Å². The molecule has 4 heteroatoms. The Morgan fingerprint density at radius 1 is 1.53 bits per heavy atom. The molecule has 1 atom stereocenters. The smallest absolute Gasteiger partial charge is 0.220 e. The molecule has 0 aromatic rings. The third-order valence-electron chi connectivity index (χ3n) is 3.23. The van der Waals surface area contributed by atoms with Crippen molar-refractivity contribution in [3.63, 3.8) is 0 Å². The third-order valence-corrected chi connectivity index (χ3v) is 3.23. The molecule has 1 unspecified atom stereocenters. The van der Waals surface area contributed by atoms with Crippen LogP contribution in [0.2, 0.25) is 0 Å². The van der Waals surface area contributed by atoms with Crippen LogP contribution in [0, 0.1) is 16.7 Å². The van der Waals surface area contributed by atoms with Gasteiger partial charge in [0.25, 0.3) is 0 Å². The van der Waals surface area contributed by atoms with E-state index >= 15 is 0 Å². The van der Waals surface area contributed by atoms with E-state index in [9.17, 15) is 4.79 Å². The van der Waals surface area contributed by atoms with Gasteiger partial charge in [0.05, 0.1) is 11.5 Å². The number of nitrogens with one attached hydrogen (secondary N) is 2. The van der Waals surface area contributed by atoms with Gasteiger partial charge in [0, 0.05) is 19.0 Å². The second-order valence-corrected chi connectivity index (χ2v) is 5.45. The summed E-state index contributed by atoms with van der Waals surface area (Å²) in [6.45, 7) is 5.69. The summed E-state index contributed by atoms with van der Waals surface area (Å²) >= 11 is 0. The van der Waals surface area contributed by atoms with Crippen LogP contribution in [0.1, 0.15) is 46.0 Å². The molecule has 4 nitrogen and oxygen atoms in total. The first-order valence-corrected chi connectivity index (χ1v) is 6.45. The molecule has 1 fully saturated rings. The Labute approximate surface area is 104 Å². The molecule has 2 N–H and O–H groups in total. The highest BCUT2D eigenvalue weighted by molar-refractivity contribution is 5.76. The molecule has 0 spiro atoms. The van der Waals surface area contributed by atoms with Crippen molar-refractivity contribution in [1.82, 2.24) is 10.6 Å². The van der Waals surface area contributed by atoms with Crippen LogP contribution in [0.15, 0.2) is 0 Å². The largest absolute Gasteiger partial charge is 0.355 e. The van der Waals surface area contributed by atoms with Crippen LogP contribution in [0.5, 0.6) is 0 Å². The van der Waals surface area contributed by atoms with Crippen LogP contribution in [0.4, 0.5) is 0 Å². The molecule has 17 heavy (non-hydrogen) atoms. The zero-order chi connectivity index (χ0) is 12.7. The minimum Gasteiger partial charge on any atom is -0.355 e. The van der Waals surface area contributed by atoms with Crippen molar-refractivity contribution in [3.8, 4) is 6.07 Å². The minimum atomic E-state index is -0.196. The third kappa shape index (κ3) is 5.69. The highest BCUT2D eigenvalue weighted by atomic mass is 16.1. The van der Waals surface area contributed by atoms with Gasteiger partial charge in [0.2, 0.25) is 5.91 Å². The molecule has 1 amide bonds. The van der Waals surface area contributed by atoms with Gasteiger partial charge >= 0.3 is 0 Å². The molecule has 1 aliphatic rings. The molecule has 0 saturated carbocycles. The standard InChI is InChI=1S/C13H23N3O/c1-13(2,10-14)7-3-4-8-15-11-5-6-12(17)16-9-11/h11,15H,3-9H2,1-2H3,(H,16,17). The van der Waals surface area contributed by atoms with Crippen LogP contribution in [-0.2, 0) is 4.79 Å². The quantitative estimate of drug-likeness (QED) is 0.689. The number of nitrogens with zero attached hydrogens (tertiary/aromatic N) is 1. The molecule has 96 valence electrons. The molecule has 0 aromatic carbocycles. The molecule has 1 heterocycles. The van der Waals surface area contributed by atoms with Crippen molar-refractivity contribution in [3.05, 3.63) is 0 Å². The first-order valence-electron chi connectivity index (χ1n) is 6.45. The summed E-state index contributed by atoms with van der Waals surface area (Å²) in [5, 5.41) is 15.2. The minimum absolute atomic E-state index is 0.166. The van der Waals surface area contributed by atoms with Crippen LogP contribution < -0.4 is 10.6 Å². The lowest BCUT2D eigenvalue weighted by Gasteiger charge is -2.23. The van der Waals surface area contributed by atoms with E-state index in [0.29, 0.717) is 12.5 Å². The maximum Gasteiger partial charge on any atom is 0.220 e. The molecular weight excluding hydrogens is 214 g/mol. The van der Waals surface area contributed by atoms with Gasteiger partial charge < -0.3 is 10.6 Å². The molecule has 1 rings (SSSR count). The van der Waals surface area contributed by atoms with Crippen LogP contribution >= 0.6 is 0 Å². The van der Waals surface area contributed by atoms with Gasteiger partial charge in [-0.3, -0.25) is 4.79 Å². The molecule has 0 aliphatic carbocycles. The Morgan fingerprint density at radius 2 is 2.29 bits per heavy atom. The van der Waals surface area contributed by atoms with Gasteiger partial charge in [-0.2, -0.15) is 5.26 Å². The number of rotatable bonds is 6. The lowest BCUT2D eigenvalue weighted by molar-refractivity contribution is -0.122. The van der Waals surface area contributed by atoms with E-state index in [2.05, 4.69) is 16.7 Å². The van der Waals surface area contributed by atoms with Crippen LogP contribution in [0.25, 0.3) is 0 Å². The van der Waals surface area contributed by atoms with E-state index in [0.717, 1.165) is 38.8 Å². The lowest BCUT2D eigenvalue weighted by atomic mass is 9.89. The Hall–Kier alpha value is -1.08. The average Bonchev–Trinajstić information content (AvgIpc) is 2.31. The average molecular weight is 237 g/mol. The van der Waals surface area contributed by atoms with Crippen molar-refractivity contribution >= 4 is 5.91 Å². The monoisotopic (exact) mass is 237 g/mol. The maximum absolute atomic E-state index is 11.0. The molecular formula is C13H23N3O. The molecule has 1 saturated heterocycles. The molecule has 0 aromatic heterocycles. The number of piperidine rings is 1. The van der Waals surface area contributed by atoms with Gasteiger partial charge in [0.15, 0.2) is 0 Å². The summed E-state index contributed by atoms with van der Waals surface area (Å²) in [6, 6.07) is 2.75. The fourth-order valence-corrected chi connectivity index (χ4v) is 1.96. The van der Waals surface area contributed by atoms with Crippen LogP contribution in [0.3, 0.4) is 0 Å². The van der Waals surface area contributed by atoms with Gasteiger partial charge in [-0.25, -0.2) is 0 Å². The van der Waals surface area contributed by atoms with E-state index in [-0.39, 0.29) is 11.3 Å². The van der Waals surface area contributed by atoms with Gasteiger partial charge in [-0.05, 0) is 39.7 Å². The van der Waals surface area contributed by atoms with Crippen molar-refractivity contribution in [2.24, 2.45) is 5.41 Å². The van der Waals surface area contributed by atoms with Crippen molar-refractivity contribution in [1.29, 1.82) is 5.26 Å². The highest BCUT2D eigenvalue weighted by Gasteiger charge is 2.17. The fraction of sp³-hybridized carbons (Fsp3) is 0.846. The highest BCUT2D eigenvalue weighted by Crippen LogP contribution is 2.21. The Morgan fingerprint density at radius 3 is 2.88 bits per heavy atom. The maximum atomic E-state index is 11.0. The number of amides is 1. The number of carbonyl (C=O) groups excluding carboxylic acids is 1. The Balaban J connectivity index is 2.01. The zero-order valence-corrected chi connectivity index (χ0v) is 10.9. The van der Waals surface area contributed by atoms with E-state index in [1.54, 1.807) is 0 Å². The predicted octanol–water partition coefficient (Wildman–Crippen LogP) is 1.57. The summed E-state index contributed by atoms with van der Waals surface area (Å²) in [7, 11) is 0. The van der Waals surface area contributed by atoms with Gasteiger partial charge in [-0.15, -0.1) is 0 Å². The second kappa shape index (κ2) is 6.61. The predicted molar refractivity (Wildman–Crippen MR) is 67.3 cm³/mol. The number of hydrogen-bond acceptors (Lipinski definition) is 3. The summed E-state index contributed by atoms with van der Waals surface area (Å²) in [5.41, 5.74) is -0.196. The second-order valence-electron chi connectivity index (χ2n) is 5.45. The van der Waals surface area contributed by atoms with Crippen molar-refractivity contribution < 1.29 is 4.79 Å². The lowest BCUT2D eigenvalue weighted by Crippen LogP contribution is -2.45. The van der Waals surface area contributed by atoms with E-state index in [1.807, 2.05) is 13.8 Å². The Kier molecular flexibility index (Phi) is 5.43. The van der Waals surface area contributed by atoms with Crippen molar-refractivity contribution in [2.45, 2.75) is 52.0 Å². The summed E-state index contributed by atoms with van der Waals surface area (Å²) < 4.78 is 0. The zero-order valence-electron chi connectivity index (χ0n) is 10.9. The first kappa shape index (κ1) is 14.0. The van der Waals surface area contributed by atoms with E-state index in [1.165, 1.54) is 0 Å². The fourth-order valence-electron chi connectivity index (χ4n) is 1.96. The Bertz CT molecular complexity index is 284. The molecule has 0 bridgehead atoms. The number of nitriles is 1. The SMILES string of the molecule is CC(C)(C#N)CCCCNC1CCC(=O)NC1. The summed E-state index contributed by atoms with van der Waals surface area (Å²) in [6.07, 6.45) is 4.70. The van der Waals surface area contributed by atoms with Crippen molar-refractivity contribution in [2.75, 3.05) is 13.1 Å². The topological polar surface area (TPSA) is 64.9 Å². The van der Waals surface area contributed by atoms with Crippen LogP contribution in [-0.4, -0.2) is 25.0 Å². The molecule has 0 radical (unpaired) electrons. The number of carbonyl (C=O) groups is 1. The van der Waals surface area contributed by atoms with E-state index in [4.69, 9.17) is 5.26 Å². The summed E-state index contributed by atoms with van der Waals surface area (Å²) in [5.74, 6) is 0.166. The normalized spacial score (nSPS) is 20.8. The number of hydrogen-bond donors (Lipinski definition) is 2. The summed E-state index contributed by atoms with van der Waals surface area (Å²) in [4.78, 5) is 11.0. The first-order chi connectivity index (χ1) is 8.03. The molecule has 1 aliphatic heterocycles.